The topological polar surface area (TPSA) is 38.0 Å². The Labute approximate surface area is 57.8 Å². The molecule has 0 aliphatic carbocycles. The normalized spacial score (nSPS) is 15.7. The standard InChI is InChI=1S/C7H18N2/c1-6(5-8)9-7(2,3)4/h6,9H,5,8H2,1-4H3/t6-/m1/s1. The molecule has 3 N–H and O–H groups in total. The van der Waals surface area contributed by atoms with Crippen molar-refractivity contribution in [3.8, 4) is 0 Å². The van der Waals surface area contributed by atoms with Crippen LogP contribution >= 0.6 is 0 Å². The first kappa shape index (κ1) is 8.92. The van der Waals surface area contributed by atoms with E-state index < -0.39 is 0 Å². The van der Waals surface area contributed by atoms with E-state index in [0.717, 1.165) is 0 Å². The smallest absolute Gasteiger partial charge is 0.0166 e. The Morgan fingerprint density at radius 1 is 1.44 bits per heavy atom. The van der Waals surface area contributed by atoms with Crippen molar-refractivity contribution in [1.29, 1.82) is 0 Å². The third kappa shape index (κ3) is 5.80. The summed E-state index contributed by atoms with van der Waals surface area (Å²) in [5.74, 6) is 0. The zero-order valence-electron chi connectivity index (χ0n) is 6.86. The summed E-state index contributed by atoms with van der Waals surface area (Å²) < 4.78 is 0. The quantitative estimate of drug-likeness (QED) is 0.578. The lowest BCUT2D eigenvalue weighted by Crippen LogP contribution is -2.45. The summed E-state index contributed by atoms with van der Waals surface area (Å²) in [6.07, 6.45) is 0. The lowest BCUT2D eigenvalue weighted by Gasteiger charge is -2.24. The molecule has 0 aromatic rings. The molecular formula is C7H18N2. The summed E-state index contributed by atoms with van der Waals surface area (Å²) in [4.78, 5) is 0. The predicted octanol–water partition coefficient (Wildman–Crippen LogP) is 0.722. The number of hydrogen-bond donors (Lipinski definition) is 2. The van der Waals surface area contributed by atoms with Gasteiger partial charge in [0.05, 0.1) is 0 Å². The average molecular weight is 130 g/mol. The molecule has 2 nitrogen and oxygen atoms in total. The highest BCUT2D eigenvalue weighted by Gasteiger charge is 2.11. The summed E-state index contributed by atoms with van der Waals surface area (Å²) in [5, 5.41) is 3.34. The number of rotatable bonds is 2. The lowest BCUT2D eigenvalue weighted by atomic mass is 10.1. The van der Waals surface area contributed by atoms with Crippen LogP contribution in [0.5, 0.6) is 0 Å². The van der Waals surface area contributed by atoms with Crippen molar-refractivity contribution in [2.75, 3.05) is 6.54 Å². The fraction of sp³-hybridized carbons (Fsp3) is 1.00. The molecule has 0 aromatic carbocycles. The van der Waals surface area contributed by atoms with Gasteiger partial charge in [0.25, 0.3) is 0 Å². The number of nitrogens with two attached hydrogens (primary N) is 1. The molecule has 2 heteroatoms. The highest BCUT2D eigenvalue weighted by Crippen LogP contribution is 1.99. The van der Waals surface area contributed by atoms with Gasteiger partial charge in [-0.05, 0) is 27.7 Å². The van der Waals surface area contributed by atoms with Gasteiger partial charge in [0.2, 0.25) is 0 Å². The van der Waals surface area contributed by atoms with E-state index >= 15 is 0 Å². The van der Waals surface area contributed by atoms with Gasteiger partial charge >= 0.3 is 0 Å². The Morgan fingerprint density at radius 3 is 2.00 bits per heavy atom. The Hall–Kier alpha value is -0.0800. The second-order valence-corrected chi connectivity index (χ2v) is 3.53. The third-order valence-corrected chi connectivity index (χ3v) is 1.03. The van der Waals surface area contributed by atoms with E-state index in [1.807, 2.05) is 0 Å². The molecule has 56 valence electrons. The van der Waals surface area contributed by atoms with Crippen molar-refractivity contribution in [3.05, 3.63) is 0 Å². The van der Waals surface area contributed by atoms with Crippen molar-refractivity contribution in [1.82, 2.24) is 5.32 Å². The minimum atomic E-state index is 0.193. The monoisotopic (exact) mass is 130 g/mol. The second kappa shape index (κ2) is 3.18. The molecule has 0 radical (unpaired) electrons. The van der Waals surface area contributed by atoms with Crippen molar-refractivity contribution in [2.45, 2.75) is 39.3 Å². The van der Waals surface area contributed by atoms with Crippen LogP contribution in [0.15, 0.2) is 0 Å². The largest absolute Gasteiger partial charge is 0.329 e. The van der Waals surface area contributed by atoms with E-state index in [-0.39, 0.29) is 5.54 Å². The Morgan fingerprint density at radius 2 is 1.89 bits per heavy atom. The fourth-order valence-corrected chi connectivity index (χ4v) is 0.798. The zero-order valence-corrected chi connectivity index (χ0v) is 6.86. The molecule has 0 fully saturated rings. The third-order valence-electron chi connectivity index (χ3n) is 1.03. The molecule has 0 saturated heterocycles. The lowest BCUT2D eigenvalue weighted by molar-refractivity contribution is 0.376. The first-order valence-electron chi connectivity index (χ1n) is 3.43. The molecule has 0 aromatic heterocycles. The van der Waals surface area contributed by atoms with Gasteiger partial charge in [-0.3, -0.25) is 0 Å². The number of nitrogens with one attached hydrogen (secondary N) is 1. The molecule has 0 unspecified atom stereocenters. The molecule has 0 spiro atoms. The number of hydrogen-bond acceptors (Lipinski definition) is 2. The Kier molecular flexibility index (Phi) is 3.15. The van der Waals surface area contributed by atoms with Crippen molar-refractivity contribution < 1.29 is 0 Å². The Bertz CT molecular complexity index is 73.5. The van der Waals surface area contributed by atoms with Gasteiger partial charge in [-0.25, -0.2) is 0 Å². The van der Waals surface area contributed by atoms with Crippen LogP contribution in [-0.4, -0.2) is 18.1 Å². The minimum absolute atomic E-state index is 0.193. The molecule has 9 heavy (non-hydrogen) atoms. The molecule has 0 bridgehead atoms. The van der Waals surface area contributed by atoms with Crippen LogP contribution in [0, 0.1) is 0 Å². The van der Waals surface area contributed by atoms with E-state index in [4.69, 9.17) is 5.73 Å². The molecule has 0 rings (SSSR count). The summed E-state index contributed by atoms with van der Waals surface area (Å²) in [6, 6.07) is 0.421. The summed E-state index contributed by atoms with van der Waals surface area (Å²) in [5.41, 5.74) is 5.61. The maximum atomic E-state index is 5.42. The van der Waals surface area contributed by atoms with Crippen molar-refractivity contribution in [2.24, 2.45) is 5.73 Å². The van der Waals surface area contributed by atoms with Crippen LogP contribution in [0.1, 0.15) is 27.7 Å². The zero-order chi connectivity index (χ0) is 7.49. The van der Waals surface area contributed by atoms with Crippen LogP contribution in [0.2, 0.25) is 0 Å². The van der Waals surface area contributed by atoms with Gasteiger partial charge in [0.1, 0.15) is 0 Å². The van der Waals surface area contributed by atoms with Crippen LogP contribution in [0.4, 0.5) is 0 Å². The SMILES string of the molecule is C[C@H](CN)NC(C)(C)C. The molecule has 0 amide bonds. The molecular weight excluding hydrogens is 112 g/mol. The molecule has 0 aliphatic heterocycles. The van der Waals surface area contributed by atoms with Gasteiger partial charge in [-0.15, -0.1) is 0 Å². The van der Waals surface area contributed by atoms with Gasteiger partial charge in [0, 0.05) is 18.1 Å². The maximum absolute atomic E-state index is 5.42. The highest BCUT2D eigenvalue weighted by molar-refractivity contribution is 4.75. The molecule has 0 saturated carbocycles. The van der Waals surface area contributed by atoms with Crippen molar-refractivity contribution in [3.63, 3.8) is 0 Å². The minimum Gasteiger partial charge on any atom is -0.329 e. The van der Waals surface area contributed by atoms with Crippen LogP contribution in [-0.2, 0) is 0 Å². The van der Waals surface area contributed by atoms with E-state index in [2.05, 4.69) is 33.0 Å². The van der Waals surface area contributed by atoms with Gasteiger partial charge < -0.3 is 11.1 Å². The first-order valence-corrected chi connectivity index (χ1v) is 3.43. The first-order chi connectivity index (χ1) is 3.95. The summed E-state index contributed by atoms with van der Waals surface area (Å²) >= 11 is 0. The molecule has 0 aliphatic rings. The predicted molar refractivity (Wildman–Crippen MR) is 41.4 cm³/mol. The Balaban J connectivity index is 3.47. The van der Waals surface area contributed by atoms with E-state index in [9.17, 15) is 0 Å². The second-order valence-electron chi connectivity index (χ2n) is 3.53. The van der Waals surface area contributed by atoms with Gasteiger partial charge in [0.15, 0.2) is 0 Å². The van der Waals surface area contributed by atoms with Crippen molar-refractivity contribution >= 4 is 0 Å². The van der Waals surface area contributed by atoms with Crippen LogP contribution in [0.3, 0.4) is 0 Å². The maximum Gasteiger partial charge on any atom is 0.0166 e. The van der Waals surface area contributed by atoms with Gasteiger partial charge in [-0.2, -0.15) is 0 Å². The molecule has 0 heterocycles. The van der Waals surface area contributed by atoms with E-state index in [1.165, 1.54) is 0 Å². The van der Waals surface area contributed by atoms with Gasteiger partial charge in [-0.1, -0.05) is 0 Å². The summed E-state index contributed by atoms with van der Waals surface area (Å²) in [7, 11) is 0. The van der Waals surface area contributed by atoms with Crippen LogP contribution in [0.25, 0.3) is 0 Å². The average Bonchev–Trinajstić information content (AvgIpc) is 1.62. The fourth-order valence-electron chi connectivity index (χ4n) is 0.798. The summed E-state index contributed by atoms with van der Waals surface area (Å²) in [6.45, 7) is 9.21. The van der Waals surface area contributed by atoms with E-state index in [1.54, 1.807) is 0 Å². The van der Waals surface area contributed by atoms with E-state index in [0.29, 0.717) is 12.6 Å². The highest BCUT2D eigenvalue weighted by atomic mass is 15.0. The van der Waals surface area contributed by atoms with Crippen LogP contribution < -0.4 is 11.1 Å². The molecule has 1 atom stereocenters.